The Hall–Kier alpha value is -7.69. The van der Waals surface area contributed by atoms with Crippen molar-refractivity contribution in [1.82, 2.24) is 18.1 Å². The van der Waals surface area contributed by atoms with Gasteiger partial charge in [-0.25, -0.2) is 0 Å². The molecular weight excluding hydrogens is 726 g/mol. The highest BCUT2D eigenvalue weighted by atomic mass is 15.0. The number of rotatable bonds is 2. The van der Waals surface area contributed by atoms with Gasteiger partial charge in [0, 0.05) is 76.5 Å². The fourth-order valence-corrected chi connectivity index (χ4v) is 11.8. The van der Waals surface area contributed by atoms with Crippen molar-refractivity contribution in [3.63, 3.8) is 0 Å². The van der Waals surface area contributed by atoms with Crippen LogP contribution in [0.2, 0.25) is 0 Å². The number of benzene rings is 9. The van der Waals surface area contributed by atoms with Gasteiger partial charge in [-0.15, -0.1) is 0 Å². The van der Waals surface area contributed by atoms with Crippen LogP contribution in [0.25, 0.3) is 98.6 Å². The first-order valence-corrected chi connectivity index (χ1v) is 21.0. The summed E-state index contributed by atoms with van der Waals surface area (Å²) in [5.74, 6) is 0. The van der Waals surface area contributed by atoms with E-state index in [0.717, 1.165) is 0 Å². The average molecular weight is 759 g/mol. The maximum absolute atomic E-state index is 2.64. The molecule has 0 saturated heterocycles. The first-order chi connectivity index (χ1) is 29.8. The number of hydrogen-bond acceptors (Lipinski definition) is 0. The number of nitrogens with zero attached hydrogens (tertiary/aromatic N) is 4. The van der Waals surface area contributed by atoms with Gasteiger partial charge in [-0.05, 0) is 64.3 Å². The van der Waals surface area contributed by atoms with Gasteiger partial charge in [0.1, 0.15) is 0 Å². The Morgan fingerprint density at radius 1 is 0.250 bits per heavy atom. The topological polar surface area (TPSA) is 19.7 Å². The van der Waals surface area contributed by atoms with Crippen molar-refractivity contribution >= 4 is 123 Å². The van der Waals surface area contributed by atoms with Crippen LogP contribution in [0, 0.1) is 0 Å². The van der Waals surface area contributed by atoms with Crippen molar-refractivity contribution in [2.75, 3.05) is 0 Å². The molecule has 0 N–H and O–H groups in total. The van der Waals surface area contributed by atoms with E-state index in [2.05, 4.69) is 212 Å². The SMILES string of the molecule is c1ccc2c(c1)c1ccccc1n2B1c2cc3c(cc2-n2c4ccccc4c4cccc1c42)-n1c2ccccc2c2cccc(c21)B3n1c2ccccc2c2ccccc21. The number of para-hydroxylation sites is 8. The Bertz CT molecular complexity index is 3680. The molecule has 0 spiro atoms. The maximum Gasteiger partial charge on any atom is 0.332 e. The molecule has 274 valence electrons. The van der Waals surface area contributed by atoms with Crippen LogP contribution in [0.3, 0.4) is 0 Å². The Kier molecular flexibility index (Phi) is 5.78. The average Bonchev–Trinajstić information content (AvgIpc) is 4.04. The molecule has 2 aliphatic rings. The lowest BCUT2D eigenvalue weighted by molar-refractivity contribution is 1.14. The fraction of sp³-hybridized carbons (Fsp3) is 0. The molecule has 13 aromatic rings. The Labute approximate surface area is 344 Å². The highest BCUT2D eigenvalue weighted by molar-refractivity contribution is 6.91. The smallest absolute Gasteiger partial charge is 0.332 e. The van der Waals surface area contributed by atoms with Gasteiger partial charge in [-0.2, -0.15) is 0 Å². The lowest BCUT2D eigenvalue weighted by Gasteiger charge is -2.33. The molecule has 15 rings (SSSR count). The Balaban J connectivity index is 1.17. The van der Waals surface area contributed by atoms with Crippen molar-refractivity contribution in [3.05, 3.63) is 194 Å². The van der Waals surface area contributed by atoms with E-state index in [1.807, 2.05) is 0 Å². The monoisotopic (exact) mass is 758 g/mol. The molecule has 6 heterocycles. The largest absolute Gasteiger partial charge is 0.376 e. The van der Waals surface area contributed by atoms with E-state index < -0.39 is 0 Å². The van der Waals surface area contributed by atoms with Crippen LogP contribution < -0.4 is 21.9 Å². The summed E-state index contributed by atoms with van der Waals surface area (Å²) < 4.78 is 10.4. The first-order valence-electron chi connectivity index (χ1n) is 21.0. The second-order valence-electron chi connectivity index (χ2n) is 16.8. The Morgan fingerprint density at radius 3 is 0.917 bits per heavy atom. The Morgan fingerprint density at radius 2 is 0.550 bits per heavy atom. The van der Waals surface area contributed by atoms with Crippen LogP contribution >= 0.6 is 0 Å². The van der Waals surface area contributed by atoms with Gasteiger partial charge < -0.3 is 18.1 Å². The van der Waals surface area contributed by atoms with Crippen LogP contribution in [0.15, 0.2) is 194 Å². The summed E-state index contributed by atoms with van der Waals surface area (Å²) in [5, 5.41) is 10.3. The molecule has 0 atom stereocenters. The minimum Gasteiger partial charge on any atom is -0.376 e. The molecule has 0 aliphatic carbocycles. The highest BCUT2D eigenvalue weighted by Crippen LogP contribution is 2.40. The maximum atomic E-state index is 2.64. The molecule has 0 bridgehead atoms. The molecule has 9 aromatic carbocycles. The van der Waals surface area contributed by atoms with E-state index >= 15 is 0 Å². The third-order valence-electron chi connectivity index (χ3n) is 14.0. The van der Waals surface area contributed by atoms with Crippen molar-refractivity contribution in [1.29, 1.82) is 0 Å². The molecule has 0 amide bonds. The quantitative estimate of drug-likeness (QED) is 0.157. The van der Waals surface area contributed by atoms with Gasteiger partial charge in [0.15, 0.2) is 0 Å². The summed E-state index contributed by atoms with van der Waals surface area (Å²) in [6.45, 7) is -0.180. The molecule has 60 heavy (non-hydrogen) atoms. The van der Waals surface area contributed by atoms with Gasteiger partial charge in [-0.3, -0.25) is 0 Å². The van der Waals surface area contributed by atoms with E-state index in [0.29, 0.717) is 0 Å². The molecule has 2 aliphatic heterocycles. The molecule has 4 aromatic heterocycles. The standard InChI is InChI=1S/C54H32B2N4/c1-7-25-45-37(19-1)39-21-13-23-41-53(39)57(45)51-32-52-44(31-43(51)55(41)59-47-27-9-3-15-33(47)34-16-4-10-28-48(34)59)56(60-49-29-11-5-17-35(49)36-18-6-12-30-50(36)60)42-24-14-22-40-38-20-2-8-26-46(38)58(52)54(40)42/h1-32H. The zero-order chi connectivity index (χ0) is 38.8. The van der Waals surface area contributed by atoms with E-state index in [-0.39, 0.29) is 13.7 Å². The summed E-state index contributed by atoms with van der Waals surface area (Å²) in [7, 11) is 0. The molecule has 4 nitrogen and oxygen atoms in total. The van der Waals surface area contributed by atoms with Crippen LogP contribution in [0.5, 0.6) is 0 Å². The van der Waals surface area contributed by atoms with Crippen molar-refractivity contribution in [3.8, 4) is 11.4 Å². The van der Waals surface area contributed by atoms with E-state index in [1.54, 1.807) is 0 Å². The molecule has 0 fully saturated rings. The van der Waals surface area contributed by atoms with Crippen LogP contribution in [0.1, 0.15) is 0 Å². The number of fused-ring (bicyclic) bond motifs is 16. The lowest BCUT2D eigenvalue weighted by atomic mass is 9.44. The van der Waals surface area contributed by atoms with Crippen LogP contribution in [0.4, 0.5) is 0 Å². The molecule has 0 unspecified atom stereocenters. The molecule has 0 saturated carbocycles. The first kappa shape index (κ1) is 31.3. The van der Waals surface area contributed by atoms with E-state index in [9.17, 15) is 0 Å². The predicted molar refractivity (Wildman–Crippen MR) is 255 cm³/mol. The summed E-state index contributed by atoms with van der Waals surface area (Å²) in [6.07, 6.45) is 0. The minimum atomic E-state index is -0.0898. The van der Waals surface area contributed by atoms with Gasteiger partial charge in [0.05, 0.1) is 22.1 Å². The van der Waals surface area contributed by atoms with E-state index in [1.165, 1.54) is 120 Å². The summed E-state index contributed by atoms with van der Waals surface area (Å²) in [6, 6.07) is 73.0. The second-order valence-corrected chi connectivity index (χ2v) is 16.8. The fourth-order valence-electron chi connectivity index (χ4n) is 11.8. The van der Waals surface area contributed by atoms with Gasteiger partial charge >= 0.3 is 13.7 Å². The van der Waals surface area contributed by atoms with Gasteiger partial charge in [-0.1, -0.05) is 152 Å². The predicted octanol–water partition coefficient (Wildman–Crippen LogP) is 10.0. The van der Waals surface area contributed by atoms with Crippen LogP contribution in [-0.2, 0) is 0 Å². The third kappa shape index (κ3) is 3.68. The number of aromatic nitrogens is 4. The van der Waals surface area contributed by atoms with Gasteiger partial charge in [0.25, 0.3) is 0 Å². The molecule has 0 radical (unpaired) electrons. The van der Waals surface area contributed by atoms with Crippen molar-refractivity contribution < 1.29 is 0 Å². The zero-order valence-corrected chi connectivity index (χ0v) is 32.4. The zero-order valence-electron chi connectivity index (χ0n) is 32.4. The molecular formula is C54H32B2N4. The second kappa shape index (κ2) is 11.1. The highest BCUT2D eigenvalue weighted by Gasteiger charge is 2.41. The van der Waals surface area contributed by atoms with Crippen molar-refractivity contribution in [2.24, 2.45) is 0 Å². The minimum absolute atomic E-state index is 0.0898. The molecule has 6 heteroatoms. The number of hydrogen-bond donors (Lipinski definition) is 0. The normalized spacial score (nSPS) is 13.3. The van der Waals surface area contributed by atoms with Crippen LogP contribution in [-0.4, -0.2) is 31.8 Å². The van der Waals surface area contributed by atoms with Gasteiger partial charge in [0.2, 0.25) is 0 Å². The lowest BCUT2D eigenvalue weighted by Crippen LogP contribution is -2.58. The summed E-state index contributed by atoms with van der Waals surface area (Å²) in [5.41, 5.74) is 17.8. The summed E-state index contributed by atoms with van der Waals surface area (Å²) in [4.78, 5) is 0. The summed E-state index contributed by atoms with van der Waals surface area (Å²) >= 11 is 0. The van der Waals surface area contributed by atoms with E-state index in [4.69, 9.17) is 0 Å². The third-order valence-corrected chi connectivity index (χ3v) is 14.0. The van der Waals surface area contributed by atoms with Crippen molar-refractivity contribution in [2.45, 2.75) is 0 Å².